The van der Waals surface area contributed by atoms with Crippen LogP contribution in [0.25, 0.3) is 0 Å². The number of aromatic carboxylic acids is 1. The largest absolute Gasteiger partial charge is 0.478 e. The normalized spacial score (nSPS) is 12.2. The molecule has 0 aromatic heterocycles. The second-order valence-electron chi connectivity index (χ2n) is 7.66. The molecular formula is C25H25NO5S. The summed E-state index contributed by atoms with van der Waals surface area (Å²) in [5.74, 6) is -1.66. The molecule has 0 saturated heterocycles. The predicted octanol–water partition coefficient (Wildman–Crippen LogP) is 4.67. The van der Waals surface area contributed by atoms with Gasteiger partial charge in [-0.1, -0.05) is 48.0 Å². The molecule has 32 heavy (non-hydrogen) atoms. The highest BCUT2D eigenvalue weighted by molar-refractivity contribution is 7.91. The van der Waals surface area contributed by atoms with Gasteiger partial charge in [-0.2, -0.15) is 0 Å². The molecule has 166 valence electrons. The van der Waals surface area contributed by atoms with Crippen LogP contribution in [0.1, 0.15) is 40.2 Å². The number of anilines is 1. The van der Waals surface area contributed by atoms with Crippen LogP contribution in [0.3, 0.4) is 0 Å². The van der Waals surface area contributed by atoms with Gasteiger partial charge in [-0.3, -0.25) is 4.79 Å². The molecule has 1 amide bonds. The van der Waals surface area contributed by atoms with E-state index in [0.717, 1.165) is 11.1 Å². The van der Waals surface area contributed by atoms with Crippen molar-refractivity contribution in [1.82, 2.24) is 0 Å². The highest BCUT2D eigenvalue weighted by atomic mass is 32.2. The van der Waals surface area contributed by atoms with Crippen molar-refractivity contribution in [2.24, 2.45) is 0 Å². The quantitative estimate of drug-likeness (QED) is 0.492. The van der Waals surface area contributed by atoms with Crippen LogP contribution >= 0.6 is 0 Å². The van der Waals surface area contributed by atoms with Gasteiger partial charge in [-0.15, -0.1) is 0 Å². The lowest BCUT2D eigenvalue weighted by Gasteiger charge is -2.17. The molecular weight excluding hydrogens is 426 g/mol. The van der Waals surface area contributed by atoms with E-state index in [1.807, 2.05) is 37.3 Å². The zero-order valence-electron chi connectivity index (χ0n) is 17.7. The first-order valence-corrected chi connectivity index (χ1v) is 11.9. The lowest BCUT2D eigenvalue weighted by Crippen LogP contribution is -2.18. The molecule has 0 aliphatic heterocycles. The third-order valence-electron chi connectivity index (χ3n) is 5.23. The number of sulfone groups is 1. The Hall–Kier alpha value is -3.45. The van der Waals surface area contributed by atoms with Crippen LogP contribution in [0.2, 0.25) is 0 Å². The van der Waals surface area contributed by atoms with E-state index in [-0.39, 0.29) is 34.5 Å². The molecule has 0 spiro atoms. The van der Waals surface area contributed by atoms with E-state index in [4.69, 9.17) is 5.11 Å². The molecule has 7 heteroatoms. The van der Waals surface area contributed by atoms with Gasteiger partial charge < -0.3 is 10.4 Å². The highest BCUT2D eigenvalue weighted by Gasteiger charge is 2.21. The Morgan fingerprint density at radius 1 is 0.906 bits per heavy atom. The molecule has 0 saturated carbocycles. The minimum Gasteiger partial charge on any atom is -0.478 e. The number of amides is 1. The standard InChI is InChI=1S/C25H25NO5S/c1-18-7-13-23(14-8-18)32(30,31)16-15-21(19-5-3-2-4-6-19)17-24(27)26-22-11-9-20(10-12-22)25(28)29/h2-14,21H,15-17H2,1H3,(H,26,27)(H,28,29). The fourth-order valence-corrected chi connectivity index (χ4v) is 4.79. The van der Waals surface area contributed by atoms with Crippen LogP contribution in [-0.4, -0.2) is 31.2 Å². The van der Waals surface area contributed by atoms with E-state index in [0.29, 0.717) is 12.1 Å². The molecule has 0 aliphatic rings. The topological polar surface area (TPSA) is 101 Å². The second-order valence-corrected chi connectivity index (χ2v) is 9.77. The Balaban J connectivity index is 1.71. The number of hydrogen-bond acceptors (Lipinski definition) is 4. The Labute approximate surface area is 187 Å². The summed E-state index contributed by atoms with van der Waals surface area (Å²) >= 11 is 0. The van der Waals surface area contributed by atoms with Gasteiger partial charge in [0.25, 0.3) is 0 Å². The number of carbonyl (C=O) groups is 2. The molecule has 3 rings (SSSR count). The smallest absolute Gasteiger partial charge is 0.335 e. The Morgan fingerprint density at radius 3 is 2.12 bits per heavy atom. The van der Waals surface area contributed by atoms with E-state index in [9.17, 15) is 18.0 Å². The number of carbonyl (C=O) groups excluding carboxylic acids is 1. The van der Waals surface area contributed by atoms with Crippen LogP contribution in [-0.2, 0) is 14.6 Å². The minimum absolute atomic E-state index is 0.0732. The van der Waals surface area contributed by atoms with Gasteiger partial charge in [-0.25, -0.2) is 13.2 Å². The number of hydrogen-bond donors (Lipinski definition) is 2. The molecule has 0 heterocycles. The van der Waals surface area contributed by atoms with Crippen molar-refractivity contribution in [3.63, 3.8) is 0 Å². The molecule has 0 fully saturated rings. The summed E-state index contributed by atoms with van der Waals surface area (Å²) < 4.78 is 25.6. The molecule has 2 N–H and O–H groups in total. The number of carboxylic acids is 1. The second kappa shape index (κ2) is 10.2. The molecule has 0 aliphatic carbocycles. The van der Waals surface area contributed by atoms with E-state index in [2.05, 4.69) is 5.32 Å². The maximum atomic E-state index is 12.8. The summed E-state index contributed by atoms with van der Waals surface area (Å²) in [5, 5.41) is 11.7. The summed E-state index contributed by atoms with van der Waals surface area (Å²) in [7, 11) is -3.48. The Bertz CT molecular complexity index is 1170. The molecule has 3 aromatic carbocycles. The maximum Gasteiger partial charge on any atom is 0.335 e. The number of carboxylic acid groups (broad SMARTS) is 1. The predicted molar refractivity (Wildman–Crippen MR) is 124 cm³/mol. The average Bonchev–Trinajstić information content (AvgIpc) is 2.78. The van der Waals surface area contributed by atoms with Gasteiger partial charge in [0.1, 0.15) is 0 Å². The van der Waals surface area contributed by atoms with Crippen LogP contribution < -0.4 is 5.32 Å². The first kappa shape index (κ1) is 23.2. The minimum atomic E-state index is -3.48. The van der Waals surface area contributed by atoms with Gasteiger partial charge in [0.2, 0.25) is 5.91 Å². The molecule has 3 aromatic rings. The lowest BCUT2D eigenvalue weighted by molar-refractivity contribution is -0.116. The third kappa shape index (κ3) is 6.28. The Morgan fingerprint density at radius 2 is 1.53 bits per heavy atom. The van der Waals surface area contributed by atoms with E-state index in [1.54, 1.807) is 24.3 Å². The first-order valence-electron chi connectivity index (χ1n) is 10.2. The molecule has 1 unspecified atom stereocenters. The summed E-state index contributed by atoms with van der Waals surface area (Å²) in [4.78, 5) is 23.9. The van der Waals surface area contributed by atoms with Crippen molar-refractivity contribution in [3.8, 4) is 0 Å². The third-order valence-corrected chi connectivity index (χ3v) is 7.00. The lowest BCUT2D eigenvalue weighted by atomic mass is 9.93. The number of rotatable bonds is 9. The van der Waals surface area contributed by atoms with Crippen molar-refractivity contribution < 1.29 is 23.1 Å². The maximum absolute atomic E-state index is 12.8. The SMILES string of the molecule is Cc1ccc(S(=O)(=O)CCC(CC(=O)Nc2ccc(C(=O)O)cc2)c2ccccc2)cc1. The molecule has 1 atom stereocenters. The number of aryl methyl sites for hydroxylation is 1. The molecule has 6 nitrogen and oxygen atoms in total. The number of benzene rings is 3. The summed E-state index contributed by atoms with van der Waals surface area (Å²) in [6.45, 7) is 1.90. The van der Waals surface area contributed by atoms with Crippen molar-refractivity contribution in [2.75, 3.05) is 11.1 Å². The van der Waals surface area contributed by atoms with Gasteiger partial charge >= 0.3 is 5.97 Å². The van der Waals surface area contributed by atoms with Crippen LogP contribution in [0.15, 0.2) is 83.8 Å². The van der Waals surface area contributed by atoms with Gasteiger partial charge in [-0.05, 0) is 61.2 Å². The van der Waals surface area contributed by atoms with Crippen molar-refractivity contribution in [3.05, 3.63) is 95.6 Å². The zero-order valence-corrected chi connectivity index (χ0v) is 18.5. The molecule has 0 radical (unpaired) electrons. The van der Waals surface area contributed by atoms with Crippen molar-refractivity contribution >= 4 is 27.4 Å². The van der Waals surface area contributed by atoms with E-state index in [1.165, 1.54) is 24.3 Å². The first-order chi connectivity index (χ1) is 15.2. The number of nitrogens with one attached hydrogen (secondary N) is 1. The summed E-state index contributed by atoms with van der Waals surface area (Å²) in [6.07, 6.45) is 0.402. The summed E-state index contributed by atoms with van der Waals surface area (Å²) in [5.41, 5.74) is 2.49. The van der Waals surface area contributed by atoms with E-state index >= 15 is 0 Å². The average molecular weight is 452 g/mol. The highest BCUT2D eigenvalue weighted by Crippen LogP contribution is 2.26. The van der Waals surface area contributed by atoms with E-state index < -0.39 is 15.8 Å². The molecule has 0 bridgehead atoms. The van der Waals surface area contributed by atoms with Crippen LogP contribution in [0.4, 0.5) is 5.69 Å². The van der Waals surface area contributed by atoms with Gasteiger partial charge in [0.05, 0.1) is 16.2 Å². The van der Waals surface area contributed by atoms with Gasteiger partial charge in [0, 0.05) is 12.1 Å². The monoisotopic (exact) mass is 451 g/mol. The van der Waals surface area contributed by atoms with Crippen LogP contribution in [0, 0.1) is 6.92 Å². The zero-order chi connectivity index (χ0) is 23.1. The van der Waals surface area contributed by atoms with Gasteiger partial charge in [0.15, 0.2) is 9.84 Å². The summed E-state index contributed by atoms with van der Waals surface area (Å²) in [6, 6.07) is 22.0. The van der Waals surface area contributed by atoms with Crippen molar-refractivity contribution in [2.45, 2.75) is 30.6 Å². The fourth-order valence-electron chi connectivity index (χ4n) is 3.40. The fraction of sp³-hybridized carbons (Fsp3) is 0.200. The van der Waals surface area contributed by atoms with Crippen molar-refractivity contribution in [1.29, 1.82) is 0 Å². The Kier molecular flexibility index (Phi) is 7.43. The van der Waals surface area contributed by atoms with Crippen LogP contribution in [0.5, 0.6) is 0 Å².